The van der Waals surface area contributed by atoms with Gasteiger partial charge in [-0.3, -0.25) is 0 Å². The lowest BCUT2D eigenvalue weighted by Crippen LogP contribution is -2.26. The van der Waals surface area contributed by atoms with E-state index in [1.165, 1.54) is 19.3 Å². The fraction of sp³-hybridized carbons (Fsp3) is 0.538. The van der Waals surface area contributed by atoms with Crippen molar-refractivity contribution in [2.45, 2.75) is 45.2 Å². The average Bonchev–Trinajstić information content (AvgIpc) is 2.66. The molecule has 2 aromatic heterocycles. The van der Waals surface area contributed by atoms with Crippen molar-refractivity contribution in [3.63, 3.8) is 0 Å². The van der Waals surface area contributed by atoms with E-state index in [1.807, 2.05) is 17.1 Å². The van der Waals surface area contributed by atoms with Crippen molar-refractivity contribution in [2.75, 3.05) is 5.32 Å². The number of anilines is 1. The zero-order valence-electron chi connectivity index (χ0n) is 10.3. The van der Waals surface area contributed by atoms with E-state index in [2.05, 4.69) is 35.3 Å². The lowest BCUT2D eigenvalue weighted by molar-refractivity contribution is 0.445. The fourth-order valence-corrected chi connectivity index (χ4v) is 2.19. The average molecular weight is 230 g/mol. The Morgan fingerprint density at radius 3 is 2.82 bits per heavy atom. The van der Waals surface area contributed by atoms with Gasteiger partial charge in [-0.1, -0.05) is 0 Å². The Morgan fingerprint density at radius 1 is 1.35 bits per heavy atom. The quantitative estimate of drug-likeness (QED) is 0.881. The van der Waals surface area contributed by atoms with Crippen molar-refractivity contribution in [3.8, 4) is 0 Å². The van der Waals surface area contributed by atoms with Crippen molar-refractivity contribution >= 4 is 16.7 Å². The molecule has 0 unspecified atom stereocenters. The number of hydrogen-bond donors (Lipinski definition) is 1. The van der Waals surface area contributed by atoms with Crippen LogP contribution in [0.4, 0.5) is 5.69 Å². The zero-order chi connectivity index (χ0) is 11.8. The van der Waals surface area contributed by atoms with Crippen molar-refractivity contribution in [1.82, 2.24) is 14.8 Å². The van der Waals surface area contributed by atoms with Crippen molar-refractivity contribution in [1.29, 1.82) is 0 Å². The predicted octanol–water partition coefficient (Wildman–Crippen LogP) is 2.98. The van der Waals surface area contributed by atoms with Gasteiger partial charge in [0.1, 0.15) is 0 Å². The van der Waals surface area contributed by atoms with Crippen LogP contribution in [-0.4, -0.2) is 20.8 Å². The van der Waals surface area contributed by atoms with E-state index in [-0.39, 0.29) is 0 Å². The molecule has 1 N–H and O–H groups in total. The first-order chi connectivity index (χ1) is 8.24. The summed E-state index contributed by atoms with van der Waals surface area (Å²) in [4.78, 5) is 4.51. The van der Waals surface area contributed by atoms with Crippen LogP contribution in [0.3, 0.4) is 0 Å². The molecule has 3 rings (SSSR count). The third-order valence-corrected chi connectivity index (χ3v) is 3.40. The largest absolute Gasteiger partial charge is 0.381 e. The molecular weight excluding hydrogens is 212 g/mol. The number of nitrogens with one attached hydrogen (secondary N) is 1. The second-order valence-corrected chi connectivity index (χ2v) is 5.09. The van der Waals surface area contributed by atoms with E-state index >= 15 is 0 Å². The monoisotopic (exact) mass is 230 g/mol. The second-order valence-electron chi connectivity index (χ2n) is 5.09. The standard InChI is InChI=1S/C13H18N4/c1-9(2)17-13-10(7-15-17)6-12(8-14-13)16-11-4-3-5-11/h6-9,11,16H,3-5H2,1-2H3. The molecule has 1 fully saturated rings. The van der Waals surface area contributed by atoms with Crippen molar-refractivity contribution < 1.29 is 0 Å². The highest BCUT2D eigenvalue weighted by atomic mass is 15.3. The van der Waals surface area contributed by atoms with E-state index in [0.717, 1.165) is 16.7 Å². The van der Waals surface area contributed by atoms with Gasteiger partial charge in [0, 0.05) is 17.5 Å². The highest BCUT2D eigenvalue weighted by Crippen LogP contribution is 2.25. The summed E-state index contributed by atoms with van der Waals surface area (Å²) in [6.07, 6.45) is 7.72. The van der Waals surface area contributed by atoms with Gasteiger partial charge in [-0.05, 0) is 39.2 Å². The summed E-state index contributed by atoms with van der Waals surface area (Å²) in [6, 6.07) is 3.15. The van der Waals surface area contributed by atoms with Gasteiger partial charge in [0.2, 0.25) is 0 Å². The molecule has 0 spiro atoms. The number of rotatable bonds is 3. The van der Waals surface area contributed by atoms with Crippen LogP contribution in [0.5, 0.6) is 0 Å². The lowest BCUT2D eigenvalue weighted by atomic mass is 9.93. The SMILES string of the molecule is CC(C)n1ncc2cc(NC3CCC3)cnc21. The number of pyridine rings is 1. The number of aromatic nitrogens is 3. The summed E-state index contributed by atoms with van der Waals surface area (Å²) in [7, 11) is 0. The smallest absolute Gasteiger partial charge is 0.158 e. The van der Waals surface area contributed by atoms with E-state index in [4.69, 9.17) is 0 Å². The molecule has 0 atom stereocenters. The first-order valence-corrected chi connectivity index (χ1v) is 6.34. The molecule has 0 radical (unpaired) electrons. The van der Waals surface area contributed by atoms with Gasteiger partial charge in [0.05, 0.1) is 18.1 Å². The Morgan fingerprint density at radius 2 is 2.18 bits per heavy atom. The Kier molecular flexibility index (Phi) is 2.50. The molecule has 1 saturated carbocycles. The van der Waals surface area contributed by atoms with Crippen LogP contribution in [0.1, 0.15) is 39.2 Å². The molecule has 0 bridgehead atoms. The van der Waals surface area contributed by atoms with E-state index < -0.39 is 0 Å². The predicted molar refractivity (Wildman–Crippen MR) is 69.2 cm³/mol. The van der Waals surface area contributed by atoms with E-state index in [0.29, 0.717) is 12.1 Å². The van der Waals surface area contributed by atoms with Crippen LogP contribution in [-0.2, 0) is 0 Å². The van der Waals surface area contributed by atoms with Crippen LogP contribution in [0.15, 0.2) is 18.5 Å². The first-order valence-electron chi connectivity index (χ1n) is 6.34. The maximum absolute atomic E-state index is 4.51. The molecule has 0 aliphatic heterocycles. The zero-order valence-corrected chi connectivity index (χ0v) is 10.3. The summed E-state index contributed by atoms with van der Waals surface area (Å²) in [5.74, 6) is 0. The minimum Gasteiger partial charge on any atom is -0.381 e. The van der Waals surface area contributed by atoms with Crippen LogP contribution in [0.25, 0.3) is 11.0 Å². The molecule has 17 heavy (non-hydrogen) atoms. The molecule has 1 aliphatic carbocycles. The minimum absolute atomic E-state index is 0.352. The second kappa shape index (κ2) is 4.02. The number of nitrogens with zero attached hydrogens (tertiary/aromatic N) is 3. The molecule has 4 nitrogen and oxygen atoms in total. The highest BCUT2D eigenvalue weighted by molar-refractivity contribution is 5.78. The summed E-state index contributed by atoms with van der Waals surface area (Å²) >= 11 is 0. The topological polar surface area (TPSA) is 42.7 Å². The van der Waals surface area contributed by atoms with Gasteiger partial charge in [0.25, 0.3) is 0 Å². The van der Waals surface area contributed by atoms with Gasteiger partial charge in [-0.15, -0.1) is 0 Å². The Bertz CT molecular complexity index is 525. The van der Waals surface area contributed by atoms with Gasteiger partial charge in [0.15, 0.2) is 5.65 Å². The van der Waals surface area contributed by atoms with Crippen LogP contribution in [0, 0.1) is 0 Å². The maximum atomic E-state index is 4.51. The Hall–Kier alpha value is -1.58. The van der Waals surface area contributed by atoms with Gasteiger partial charge < -0.3 is 5.32 Å². The fourth-order valence-electron chi connectivity index (χ4n) is 2.19. The van der Waals surface area contributed by atoms with Crippen LogP contribution in [0.2, 0.25) is 0 Å². The first kappa shape index (κ1) is 10.6. The van der Waals surface area contributed by atoms with E-state index in [1.54, 1.807) is 0 Å². The highest BCUT2D eigenvalue weighted by Gasteiger charge is 2.17. The molecule has 0 amide bonds. The summed E-state index contributed by atoms with van der Waals surface area (Å²) in [5, 5.41) is 9.00. The molecule has 2 aromatic rings. The third-order valence-electron chi connectivity index (χ3n) is 3.40. The molecule has 1 aliphatic rings. The molecule has 4 heteroatoms. The number of hydrogen-bond acceptors (Lipinski definition) is 3. The molecular formula is C13H18N4. The van der Waals surface area contributed by atoms with Gasteiger partial charge in [-0.2, -0.15) is 5.10 Å². The Balaban J connectivity index is 1.91. The Labute approximate surface area is 101 Å². The lowest BCUT2D eigenvalue weighted by Gasteiger charge is -2.27. The number of fused-ring (bicyclic) bond motifs is 1. The van der Waals surface area contributed by atoms with Gasteiger partial charge in [-0.25, -0.2) is 9.67 Å². The summed E-state index contributed by atoms with van der Waals surface area (Å²) in [5.41, 5.74) is 2.09. The molecule has 0 aromatic carbocycles. The third kappa shape index (κ3) is 1.88. The molecule has 0 saturated heterocycles. The van der Waals surface area contributed by atoms with Crippen molar-refractivity contribution in [2.24, 2.45) is 0 Å². The van der Waals surface area contributed by atoms with E-state index in [9.17, 15) is 0 Å². The summed E-state index contributed by atoms with van der Waals surface area (Å²) < 4.78 is 1.96. The summed E-state index contributed by atoms with van der Waals surface area (Å²) in [6.45, 7) is 4.24. The normalized spacial score (nSPS) is 16.4. The van der Waals surface area contributed by atoms with Crippen LogP contribution >= 0.6 is 0 Å². The van der Waals surface area contributed by atoms with Crippen LogP contribution < -0.4 is 5.32 Å². The van der Waals surface area contributed by atoms with Crippen molar-refractivity contribution in [3.05, 3.63) is 18.5 Å². The molecule has 90 valence electrons. The maximum Gasteiger partial charge on any atom is 0.158 e. The molecule has 2 heterocycles. The van der Waals surface area contributed by atoms with Gasteiger partial charge >= 0.3 is 0 Å². The minimum atomic E-state index is 0.352.